The predicted octanol–water partition coefficient (Wildman–Crippen LogP) is 2.26. The SMILES string of the molecule is N#Cc1ccc(N2CCC(NC(=O)Cc3csc(N4CCCNC4=O)n3)CC2)cc1. The fourth-order valence-corrected chi connectivity index (χ4v) is 4.63. The van der Waals surface area contributed by atoms with Gasteiger partial charge in [0.1, 0.15) is 0 Å². The number of amides is 3. The Morgan fingerprint density at radius 3 is 2.73 bits per heavy atom. The predicted molar refractivity (Wildman–Crippen MR) is 116 cm³/mol. The van der Waals surface area contributed by atoms with Crippen LogP contribution in [-0.2, 0) is 11.2 Å². The van der Waals surface area contributed by atoms with Crippen molar-refractivity contribution in [3.05, 3.63) is 40.9 Å². The molecule has 2 aromatic rings. The highest BCUT2D eigenvalue weighted by molar-refractivity contribution is 7.14. The van der Waals surface area contributed by atoms with Crippen molar-refractivity contribution < 1.29 is 9.59 Å². The van der Waals surface area contributed by atoms with Crippen LogP contribution < -0.4 is 20.4 Å². The second-order valence-corrected chi connectivity index (χ2v) is 8.36. The molecule has 1 aromatic carbocycles. The van der Waals surface area contributed by atoms with Gasteiger partial charge in [-0.05, 0) is 43.5 Å². The minimum atomic E-state index is -0.124. The number of piperidine rings is 1. The Morgan fingerprint density at radius 1 is 1.27 bits per heavy atom. The fraction of sp³-hybridized carbons (Fsp3) is 0.429. The number of nitrogens with zero attached hydrogens (tertiary/aromatic N) is 4. The minimum absolute atomic E-state index is 0.0354. The van der Waals surface area contributed by atoms with Crippen molar-refractivity contribution in [3.8, 4) is 6.07 Å². The number of rotatable bonds is 5. The van der Waals surface area contributed by atoms with Crippen LogP contribution >= 0.6 is 11.3 Å². The highest BCUT2D eigenvalue weighted by Crippen LogP contribution is 2.23. The Balaban J connectivity index is 1.25. The largest absolute Gasteiger partial charge is 0.371 e. The van der Waals surface area contributed by atoms with Gasteiger partial charge in [0.05, 0.1) is 23.7 Å². The maximum atomic E-state index is 12.5. The number of nitriles is 1. The molecule has 2 fully saturated rings. The van der Waals surface area contributed by atoms with Crippen molar-refractivity contribution in [2.75, 3.05) is 36.0 Å². The first-order valence-electron chi connectivity index (χ1n) is 10.2. The molecular formula is C21H24N6O2S. The molecule has 1 aromatic heterocycles. The van der Waals surface area contributed by atoms with Gasteiger partial charge >= 0.3 is 6.03 Å². The number of nitrogens with one attached hydrogen (secondary N) is 2. The zero-order chi connectivity index (χ0) is 20.9. The molecule has 0 spiro atoms. The molecule has 0 bridgehead atoms. The van der Waals surface area contributed by atoms with Gasteiger partial charge in [-0.15, -0.1) is 11.3 Å². The van der Waals surface area contributed by atoms with E-state index in [4.69, 9.17) is 5.26 Å². The molecule has 0 saturated carbocycles. The van der Waals surface area contributed by atoms with Crippen molar-refractivity contribution in [1.82, 2.24) is 15.6 Å². The number of anilines is 2. The van der Waals surface area contributed by atoms with Crippen LogP contribution in [0.1, 0.15) is 30.5 Å². The molecule has 9 heteroatoms. The van der Waals surface area contributed by atoms with Crippen LogP contribution in [0, 0.1) is 11.3 Å². The molecule has 0 radical (unpaired) electrons. The zero-order valence-corrected chi connectivity index (χ0v) is 17.5. The molecule has 156 valence electrons. The summed E-state index contributed by atoms with van der Waals surface area (Å²) in [6.45, 7) is 3.08. The number of urea groups is 1. The van der Waals surface area contributed by atoms with E-state index in [2.05, 4.69) is 26.6 Å². The second-order valence-electron chi connectivity index (χ2n) is 7.52. The first-order valence-corrected chi connectivity index (χ1v) is 11.0. The summed E-state index contributed by atoms with van der Waals surface area (Å²) in [7, 11) is 0. The molecule has 0 aliphatic carbocycles. The van der Waals surface area contributed by atoms with Crippen LogP contribution in [-0.4, -0.2) is 49.1 Å². The maximum Gasteiger partial charge on any atom is 0.323 e. The summed E-state index contributed by atoms with van der Waals surface area (Å²) in [5.41, 5.74) is 2.46. The molecule has 2 saturated heterocycles. The fourth-order valence-electron chi connectivity index (χ4n) is 3.79. The number of aromatic nitrogens is 1. The number of benzene rings is 1. The third-order valence-electron chi connectivity index (χ3n) is 5.41. The average molecular weight is 425 g/mol. The van der Waals surface area contributed by atoms with E-state index < -0.39 is 0 Å². The van der Waals surface area contributed by atoms with Gasteiger partial charge < -0.3 is 15.5 Å². The van der Waals surface area contributed by atoms with E-state index in [1.807, 2.05) is 29.6 Å². The molecule has 2 N–H and O–H groups in total. The standard InChI is InChI=1S/C21H24N6O2S/c22-13-15-2-4-18(5-3-15)26-10-6-16(7-11-26)24-19(28)12-17-14-30-21(25-17)27-9-1-8-23-20(27)29/h2-5,14,16H,1,6-12H2,(H,23,29)(H,24,28). The van der Waals surface area contributed by atoms with Gasteiger partial charge in [-0.1, -0.05) is 0 Å². The highest BCUT2D eigenvalue weighted by atomic mass is 32.1. The third kappa shape index (κ3) is 4.71. The highest BCUT2D eigenvalue weighted by Gasteiger charge is 2.24. The lowest BCUT2D eigenvalue weighted by molar-refractivity contribution is -0.121. The Labute approximate surface area is 179 Å². The number of thiazole rings is 1. The lowest BCUT2D eigenvalue weighted by Crippen LogP contribution is -2.46. The van der Waals surface area contributed by atoms with E-state index in [0.717, 1.165) is 38.0 Å². The van der Waals surface area contributed by atoms with Crippen molar-refractivity contribution in [2.45, 2.75) is 31.7 Å². The topological polar surface area (TPSA) is 101 Å². The Bertz CT molecular complexity index is 943. The summed E-state index contributed by atoms with van der Waals surface area (Å²) in [6.07, 6.45) is 2.87. The van der Waals surface area contributed by atoms with E-state index in [9.17, 15) is 9.59 Å². The van der Waals surface area contributed by atoms with Crippen LogP contribution in [0.4, 0.5) is 15.6 Å². The van der Waals surface area contributed by atoms with Gasteiger partial charge in [0.25, 0.3) is 0 Å². The maximum absolute atomic E-state index is 12.5. The first-order chi connectivity index (χ1) is 14.6. The Kier molecular flexibility index (Phi) is 6.14. The molecule has 3 heterocycles. The molecular weight excluding hydrogens is 400 g/mol. The van der Waals surface area contributed by atoms with Gasteiger partial charge in [0.2, 0.25) is 5.91 Å². The molecule has 8 nitrogen and oxygen atoms in total. The third-order valence-corrected chi connectivity index (χ3v) is 6.33. The van der Waals surface area contributed by atoms with Crippen molar-refractivity contribution >= 4 is 34.1 Å². The van der Waals surface area contributed by atoms with Crippen molar-refractivity contribution in [3.63, 3.8) is 0 Å². The first kappa shape index (κ1) is 20.2. The van der Waals surface area contributed by atoms with E-state index in [1.165, 1.54) is 11.3 Å². The Morgan fingerprint density at radius 2 is 2.03 bits per heavy atom. The number of carbonyl (C=O) groups is 2. The van der Waals surface area contributed by atoms with Crippen molar-refractivity contribution in [2.24, 2.45) is 0 Å². The summed E-state index contributed by atoms with van der Waals surface area (Å²) in [5.74, 6) is -0.0354. The van der Waals surface area contributed by atoms with Crippen LogP contribution in [0.15, 0.2) is 29.6 Å². The molecule has 30 heavy (non-hydrogen) atoms. The monoisotopic (exact) mass is 424 g/mol. The second kappa shape index (κ2) is 9.13. The van der Waals surface area contributed by atoms with Crippen molar-refractivity contribution in [1.29, 1.82) is 5.26 Å². The van der Waals surface area contributed by atoms with Gasteiger partial charge in [0.15, 0.2) is 5.13 Å². The molecule has 2 aliphatic heterocycles. The summed E-state index contributed by atoms with van der Waals surface area (Å²) < 4.78 is 0. The van der Waals surface area contributed by atoms with Gasteiger partial charge in [0, 0.05) is 43.3 Å². The normalized spacial score (nSPS) is 17.4. The molecule has 2 aliphatic rings. The summed E-state index contributed by atoms with van der Waals surface area (Å²) in [6, 6.07) is 9.77. The Hall–Kier alpha value is -3.12. The van der Waals surface area contributed by atoms with E-state index >= 15 is 0 Å². The lowest BCUT2D eigenvalue weighted by Gasteiger charge is -2.34. The smallest absolute Gasteiger partial charge is 0.323 e. The summed E-state index contributed by atoms with van der Waals surface area (Å²) >= 11 is 1.40. The van der Waals surface area contributed by atoms with Crippen LogP contribution in [0.3, 0.4) is 0 Å². The molecule has 0 unspecified atom stereocenters. The van der Waals surface area contributed by atoms with Crippen LogP contribution in [0.5, 0.6) is 0 Å². The van der Waals surface area contributed by atoms with Gasteiger partial charge in [-0.25, -0.2) is 9.78 Å². The van der Waals surface area contributed by atoms with E-state index in [1.54, 1.807) is 4.90 Å². The molecule has 3 amide bonds. The van der Waals surface area contributed by atoms with Gasteiger partial charge in [-0.2, -0.15) is 5.26 Å². The average Bonchev–Trinajstić information content (AvgIpc) is 3.22. The molecule has 4 rings (SSSR count). The summed E-state index contributed by atoms with van der Waals surface area (Å²) in [5, 5.41) is 17.3. The molecule has 0 atom stereocenters. The lowest BCUT2D eigenvalue weighted by atomic mass is 10.0. The van der Waals surface area contributed by atoms with Crippen LogP contribution in [0.25, 0.3) is 0 Å². The van der Waals surface area contributed by atoms with E-state index in [-0.39, 0.29) is 24.4 Å². The summed E-state index contributed by atoms with van der Waals surface area (Å²) in [4.78, 5) is 32.8. The van der Waals surface area contributed by atoms with E-state index in [0.29, 0.717) is 29.5 Å². The van der Waals surface area contributed by atoms with Gasteiger partial charge in [-0.3, -0.25) is 9.69 Å². The number of hydrogen-bond donors (Lipinski definition) is 2. The number of hydrogen-bond acceptors (Lipinski definition) is 6. The zero-order valence-electron chi connectivity index (χ0n) is 16.6. The number of carbonyl (C=O) groups excluding carboxylic acids is 2. The minimum Gasteiger partial charge on any atom is -0.371 e. The quantitative estimate of drug-likeness (QED) is 0.767. The van der Waals surface area contributed by atoms with Crippen LogP contribution in [0.2, 0.25) is 0 Å².